The molecule has 0 radical (unpaired) electrons. The number of carbonyl (C=O) groups is 1. The molecule has 0 bridgehead atoms. The first-order valence-electron chi connectivity index (χ1n) is 5.55. The van der Waals surface area contributed by atoms with Crippen LogP contribution < -0.4 is 5.32 Å². The molecule has 0 saturated carbocycles. The summed E-state index contributed by atoms with van der Waals surface area (Å²) >= 11 is 0. The second kappa shape index (κ2) is 4.47. The van der Waals surface area contributed by atoms with Crippen molar-refractivity contribution in [2.45, 2.75) is 37.5 Å². The SMILES string of the molecule is O=C(C1CC(O)CN1)N1CCC[C@@H]1CO. The molecule has 3 N–H and O–H groups in total. The monoisotopic (exact) mass is 214 g/mol. The van der Waals surface area contributed by atoms with Gasteiger partial charge in [-0.2, -0.15) is 0 Å². The molecule has 3 atom stereocenters. The van der Waals surface area contributed by atoms with Crippen molar-refractivity contribution in [2.75, 3.05) is 19.7 Å². The zero-order valence-electron chi connectivity index (χ0n) is 8.72. The van der Waals surface area contributed by atoms with Crippen LogP contribution in [0.4, 0.5) is 0 Å². The smallest absolute Gasteiger partial charge is 0.240 e. The van der Waals surface area contributed by atoms with Crippen molar-refractivity contribution in [3.8, 4) is 0 Å². The molecule has 2 rings (SSSR count). The van der Waals surface area contributed by atoms with Crippen LogP contribution in [0.1, 0.15) is 19.3 Å². The van der Waals surface area contributed by atoms with Gasteiger partial charge in [-0.05, 0) is 19.3 Å². The molecule has 86 valence electrons. The lowest BCUT2D eigenvalue weighted by molar-refractivity contribution is -0.134. The number of carbonyl (C=O) groups excluding carboxylic acids is 1. The Morgan fingerprint density at radius 3 is 2.93 bits per heavy atom. The highest BCUT2D eigenvalue weighted by Crippen LogP contribution is 2.20. The van der Waals surface area contributed by atoms with E-state index in [1.165, 1.54) is 0 Å². The topological polar surface area (TPSA) is 72.8 Å². The maximum atomic E-state index is 12.0. The van der Waals surface area contributed by atoms with Crippen LogP contribution in [0.25, 0.3) is 0 Å². The largest absolute Gasteiger partial charge is 0.394 e. The van der Waals surface area contributed by atoms with Gasteiger partial charge in [0.25, 0.3) is 0 Å². The Bertz CT molecular complexity index is 247. The Hall–Kier alpha value is -0.650. The van der Waals surface area contributed by atoms with Gasteiger partial charge in [0, 0.05) is 13.1 Å². The van der Waals surface area contributed by atoms with Crippen LogP contribution in [0.15, 0.2) is 0 Å². The van der Waals surface area contributed by atoms with Crippen LogP contribution in [0, 0.1) is 0 Å². The maximum Gasteiger partial charge on any atom is 0.240 e. The van der Waals surface area contributed by atoms with Gasteiger partial charge in [0.15, 0.2) is 0 Å². The van der Waals surface area contributed by atoms with Crippen molar-refractivity contribution in [3.05, 3.63) is 0 Å². The predicted molar refractivity (Wildman–Crippen MR) is 54.2 cm³/mol. The molecule has 15 heavy (non-hydrogen) atoms. The van der Waals surface area contributed by atoms with Gasteiger partial charge in [0.1, 0.15) is 0 Å². The number of aliphatic hydroxyl groups excluding tert-OH is 2. The number of nitrogens with one attached hydrogen (secondary N) is 1. The molecule has 2 unspecified atom stereocenters. The van der Waals surface area contributed by atoms with Gasteiger partial charge in [-0.15, -0.1) is 0 Å². The standard InChI is InChI=1S/C10H18N2O3/c13-6-7-2-1-3-12(7)10(15)9-4-8(14)5-11-9/h7-9,11,13-14H,1-6H2/t7-,8?,9?/m1/s1. The second-order valence-corrected chi connectivity index (χ2v) is 4.36. The minimum atomic E-state index is -0.408. The highest BCUT2D eigenvalue weighted by molar-refractivity contribution is 5.82. The van der Waals surface area contributed by atoms with E-state index in [9.17, 15) is 9.90 Å². The van der Waals surface area contributed by atoms with Crippen molar-refractivity contribution in [1.29, 1.82) is 0 Å². The van der Waals surface area contributed by atoms with Gasteiger partial charge >= 0.3 is 0 Å². The number of hydrogen-bond donors (Lipinski definition) is 3. The van der Waals surface area contributed by atoms with E-state index in [0.717, 1.165) is 19.4 Å². The average molecular weight is 214 g/mol. The molecule has 0 aromatic heterocycles. The molecule has 0 aromatic carbocycles. The third-order valence-corrected chi connectivity index (χ3v) is 3.28. The minimum Gasteiger partial charge on any atom is -0.394 e. The van der Waals surface area contributed by atoms with Gasteiger partial charge in [0.2, 0.25) is 5.91 Å². The summed E-state index contributed by atoms with van der Waals surface area (Å²) in [5.41, 5.74) is 0. The van der Waals surface area contributed by atoms with Crippen molar-refractivity contribution in [1.82, 2.24) is 10.2 Å². The number of nitrogens with zero attached hydrogens (tertiary/aromatic N) is 1. The van der Waals surface area contributed by atoms with E-state index < -0.39 is 6.10 Å². The summed E-state index contributed by atoms with van der Waals surface area (Å²) in [4.78, 5) is 13.7. The van der Waals surface area contributed by atoms with E-state index in [4.69, 9.17) is 5.11 Å². The Balaban J connectivity index is 1.95. The molecule has 5 heteroatoms. The van der Waals surface area contributed by atoms with E-state index in [1.54, 1.807) is 4.90 Å². The fourth-order valence-corrected chi connectivity index (χ4v) is 2.42. The summed E-state index contributed by atoms with van der Waals surface area (Å²) in [5.74, 6) is 0.0306. The highest BCUT2D eigenvalue weighted by atomic mass is 16.3. The molecular weight excluding hydrogens is 196 g/mol. The number of aliphatic hydroxyl groups is 2. The van der Waals surface area contributed by atoms with Gasteiger partial charge in [-0.1, -0.05) is 0 Å². The van der Waals surface area contributed by atoms with Crippen LogP contribution in [-0.2, 0) is 4.79 Å². The highest BCUT2D eigenvalue weighted by Gasteiger charge is 2.35. The summed E-state index contributed by atoms with van der Waals surface area (Å²) < 4.78 is 0. The molecular formula is C10H18N2O3. The molecule has 2 aliphatic rings. The van der Waals surface area contributed by atoms with Gasteiger partial charge in [-0.3, -0.25) is 4.79 Å². The fraction of sp³-hybridized carbons (Fsp3) is 0.900. The summed E-state index contributed by atoms with van der Waals surface area (Å²) in [6, 6.07) is -0.274. The number of amides is 1. The molecule has 2 heterocycles. The minimum absolute atomic E-state index is 0.0166. The van der Waals surface area contributed by atoms with Crippen molar-refractivity contribution >= 4 is 5.91 Å². The molecule has 2 aliphatic heterocycles. The molecule has 2 fully saturated rings. The Kier molecular flexibility index (Phi) is 3.23. The summed E-state index contributed by atoms with van der Waals surface area (Å²) in [6.07, 6.45) is 1.94. The Morgan fingerprint density at radius 2 is 2.33 bits per heavy atom. The number of rotatable bonds is 2. The van der Waals surface area contributed by atoms with Crippen molar-refractivity contribution in [3.63, 3.8) is 0 Å². The average Bonchev–Trinajstić information content (AvgIpc) is 2.84. The van der Waals surface area contributed by atoms with Gasteiger partial charge in [0.05, 0.1) is 24.8 Å². The van der Waals surface area contributed by atoms with E-state index in [-0.39, 0.29) is 24.6 Å². The Labute approximate surface area is 89.1 Å². The molecule has 0 aliphatic carbocycles. The number of hydrogen-bond acceptors (Lipinski definition) is 4. The van der Waals surface area contributed by atoms with Crippen LogP contribution in [-0.4, -0.2) is 58.9 Å². The van der Waals surface area contributed by atoms with Crippen molar-refractivity contribution < 1.29 is 15.0 Å². The molecule has 1 amide bonds. The van der Waals surface area contributed by atoms with Gasteiger partial charge < -0.3 is 20.4 Å². The summed E-state index contributed by atoms with van der Waals surface area (Å²) in [5, 5.41) is 21.5. The normalized spacial score (nSPS) is 36.1. The fourth-order valence-electron chi connectivity index (χ4n) is 2.42. The summed E-state index contributed by atoms with van der Waals surface area (Å²) in [7, 11) is 0. The first-order valence-corrected chi connectivity index (χ1v) is 5.55. The number of likely N-dealkylation sites (tertiary alicyclic amines) is 1. The van der Waals surface area contributed by atoms with E-state index >= 15 is 0 Å². The lowest BCUT2D eigenvalue weighted by atomic mass is 10.1. The van der Waals surface area contributed by atoms with E-state index in [2.05, 4.69) is 5.32 Å². The first kappa shape index (κ1) is 10.9. The number of β-amino-alcohol motifs (C(OH)–C–C–N with tert-alkyl or cyclic N) is 1. The zero-order chi connectivity index (χ0) is 10.8. The quantitative estimate of drug-likeness (QED) is 0.534. The Morgan fingerprint density at radius 1 is 1.53 bits per heavy atom. The van der Waals surface area contributed by atoms with Crippen molar-refractivity contribution in [2.24, 2.45) is 0 Å². The predicted octanol–water partition coefficient (Wildman–Crippen LogP) is -1.31. The lowest BCUT2D eigenvalue weighted by Crippen LogP contribution is -2.46. The summed E-state index contributed by atoms with van der Waals surface area (Å²) in [6.45, 7) is 1.27. The first-order chi connectivity index (χ1) is 7.22. The second-order valence-electron chi connectivity index (χ2n) is 4.36. The van der Waals surface area contributed by atoms with Crippen LogP contribution >= 0.6 is 0 Å². The zero-order valence-corrected chi connectivity index (χ0v) is 8.72. The third-order valence-electron chi connectivity index (χ3n) is 3.28. The van der Waals surface area contributed by atoms with E-state index in [0.29, 0.717) is 13.0 Å². The van der Waals surface area contributed by atoms with Crippen LogP contribution in [0.2, 0.25) is 0 Å². The lowest BCUT2D eigenvalue weighted by Gasteiger charge is -2.26. The van der Waals surface area contributed by atoms with Crippen LogP contribution in [0.5, 0.6) is 0 Å². The van der Waals surface area contributed by atoms with Gasteiger partial charge in [-0.25, -0.2) is 0 Å². The molecule has 0 spiro atoms. The molecule has 0 aromatic rings. The third kappa shape index (κ3) is 2.14. The maximum absolute atomic E-state index is 12.0. The van der Waals surface area contributed by atoms with Crippen LogP contribution in [0.3, 0.4) is 0 Å². The van der Waals surface area contributed by atoms with E-state index in [1.807, 2.05) is 0 Å². The molecule has 2 saturated heterocycles. The molecule has 5 nitrogen and oxygen atoms in total.